The molecule has 139 valence electrons. The third-order valence-electron chi connectivity index (χ3n) is 4.67. The number of carbonyl (C=O) groups is 1. The molecule has 1 amide bonds. The zero-order chi connectivity index (χ0) is 18.9. The third-order valence-corrected chi connectivity index (χ3v) is 37.1. The second-order valence-electron chi connectivity index (χ2n) is 8.03. The van der Waals surface area contributed by atoms with Gasteiger partial charge in [0.05, 0.1) is 0 Å². The first-order valence-electron chi connectivity index (χ1n) is 8.73. The number of halogens is 2. The molecular weight excluding hydrogens is 425 g/mol. The van der Waals surface area contributed by atoms with Gasteiger partial charge in [-0.1, -0.05) is 0 Å². The van der Waals surface area contributed by atoms with E-state index >= 15 is 0 Å². The van der Waals surface area contributed by atoms with Crippen LogP contribution in [0, 0.1) is 0 Å². The van der Waals surface area contributed by atoms with Crippen LogP contribution in [0.5, 0.6) is 0 Å². The van der Waals surface area contributed by atoms with Gasteiger partial charge in [0.1, 0.15) is 0 Å². The Morgan fingerprint density at radius 3 is 2.52 bits per heavy atom. The van der Waals surface area contributed by atoms with Crippen LogP contribution < -0.4 is 3.80 Å². The van der Waals surface area contributed by atoms with Gasteiger partial charge in [-0.3, -0.25) is 0 Å². The Morgan fingerprint density at radius 2 is 1.92 bits per heavy atom. The van der Waals surface area contributed by atoms with Crippen LogP contribution in [0.3, 0.4) is 0 Å². The molecule has 3 nitrogen and oxygen atoms in total. The molecule has 0 spiro atoms. The van der Waals surface area contributed by atoms with Gasteiger partial charge in [0.15, 0.2) is 0 Å². The Morgan fingerprint density at radius 1 is 1.28 bits per heavy atom. The summed E-state index contributed by atoms with van der Waals surface area (Å²) in [6, 6.07) is 8.16. The number of hydrogen-bond acceptors (Lipinski definition) is 2. The number of allylic oxidation sites excluding steroid dienone is 1. The SMILES string of the molecule is C[SiH](C)[Ti]([Cl])([Cl])([NH]C(=O)CCO[Si](C)(C)C)[CH]1C=Cc2ccccc21. The molecule has 2 rings (SSSR count). The van der Waals surface area contributed by atoms with E-state index in [1.807, 2.05) is 12.1 Å². The van der Waals surface area contributed by atoms with Gasteiger partial charge in [-0.15, -0.1) is 0 Å². The molecule has 25 heavy (non-hydrogen) atoms. The molecular formula is C17H28Cl2NO2Si2Ti. The van der Waals surface area contributed by atoms with Crippen LogP contribution in [-0.2, 0) is 21.9 Å². The molecule has 0 saturated heterocycles. The summed E-state index contributed by atoms with van der Waals surface area (Å²) in [6.45, 7) is 9.50. The van der Waals surface area contributed by atoms with Gasteiger partial charge in [-0.05, 0) is 0 Å². The van der Waals surface area contributed by atoms with Crippen molar-refractivity contribution < 1.29 is 21.9 Å². The fourth-order valence-corrected chi connectivity index (χ4v) is 17.1. The molecule has 0 fully saturated rings. The molecule has 0 radical (unpaired) electrons. The van der Waals surface area contributed by atoms with Crippen LogP contribution in [0.1, 0.15) is 21.8 Å². The summed E-state index contributed by atoms with van der Waals surface area (Å²) in [5.74, 6) is -0.0840. The maximum atomic E-state index is 12.6. The Hall–Kier alpha value is 0.118. The molecule has 1 aliphatic rings. The molecule has 1 atom stereocenters. The Kier molecular flexibility index (Phi) is 6.53. The van der Waals surface area contributed by atoms with Crippen LogP contribution >= 0.6 is 18.6 Å². The molecule has 1 aromatic carbocycles. The van der Waals surface area contributed by atoms with Gasteiger partial charge < -0.3 is 0 Å². The number of amides is 1. The first kappa shape index (κ1) is 21.4. The summed E-state index contributed by atoms with van der Waals surface area (Å²) in [5.41, 5.74) is 2.29. The van der Waals surface area contributed by atoms with E-state index in [9.17, 15) is 4.79 Å². The van der Waals surface area contributed by atoms with Crippen LogP contribution in [0.25, 0.3) is 6.08 Å². The fourth-order valence-electron chi connectivity index (χ4n) is 3.07. The molecule has 0 saturated carbocycles. The molecule has 1 N–H and O–H groups in total. The van der Waals surface area contributed by atoms with Crippen molar-refractivity contribution in [1.82, 2.24) is 3.80 Å². The Balaban J connectivity index is 2.20. The number of rotatable bonds is 7. The summed E-state index contributed by atoms with van der Waals surface area (Å²) in [4.78, 5) is 12.6. The quantitative estimate of drug-likeness (QED) is 0.590. The minimum atomic E-state index is -4.27. The summed E-state index contributed by atoms with van der Waals surface area (Å²) in [5, 5.41) is 0. The normalized spacial score (nSPS) is 18.7. The number of fused-ring (bicyclic) bond motifs is 1. The Labute approximate surface area is 162 Å². The topological polar surface area (TPSA) is 38.3 Å². The molecule has 0 heterocycles. The first-order chi connectivity index (χ1) is 11.4. The van der Waals surface area contributed by atoms with E-state index in [-0.39, 0.29) is 10.1 Å². The van der Waals surface area contributed by atoms with Gasteiger partial charge in [0.2, 0.25) is 0 Å². The van der Waals surface area contributed by atoms with E-state index in [1.165, 1.54) is 0 Å². The number of hydrogen-bond donors (Lipinski definition) is 1. The average molecular weight is 453 g/mol. The first-order valence-corrected chi connectivity index (χ1v) is 23.7. The fraction of sp³-hybridized carbons (Fsp3) is 0.471. The maximum absolute atomic E-state index is 12.6. The van der Waals surface area contributed by atoms with Gasteiger partial charge in [0.25, 0.3) is 0 Å². The van der Waals surface area contributed by atoms with Crippen molar-refractivity contribution in [3.63, 3.8) is 0 Å². The van der Waals surface area contributed by atoms with Crippen molar-refractivity contribution in [2.75, 3.05) is 6.61 Å². The molecule has 0 aromatic heterocycles. The molecule has 1 aromatic rings. The van der Waals surface area contributed by atoms with Crippen molar-refractivity contribution in [2.45, 2.75) is 43.4 Å². The zero-order valence-electron chi connectivity index (χ0n) is 15.6. The van der Waals surface area contributed by atoms with E-state index in [1.54, 1.807) is 0 Å². The summed E-state index contributed by atoms with van der Waals surface area (Å²) in [7, 11) is 12.8. The number of nitrogens with one attached hydrogen (secondary N) is 1. The standard InChI is InChI=1S/C9H7.C6H15NO2Si.C2H7Si.2ClH.Ti/c1-2-5-9-7-3-6-8(9)4-1;1-10(2,3)9-5-4-6(7)8;1-3-2;;;/h1-7H;4-5H2,1-3H3,(H2,7,8);3H,1-2H3;2*1H;/q;;;;;+3/p-3. The van der Waals surface area contributed by atoms with E-state index in [4.69, 9.17) is 23.0 Å². The van der Waals surface area contributed by atoms with Crippen molar-refractivity contribution in [2.24, 2.45) is 0 Å². The predicted molar refractivity (Wildman–Crippen MR) is 111 cm³/mol. The second-order valence-corrected chi connectivity index (χ2v) is 40.7. The zero-order valence-corrected chi connectivity index (χ0v) is 20.8. The van der Waals surface area contributed by atoms with Gasteiger partial charge in [-0.25, -0.2) is 0 Å². The van der Waals surface area contributed by atoms with Gasteiger partial charge >= 0.3 is 163 Å². The van der Waals surface area contributed by atoms with E-state index in [2.05, 4.69) is 60.8 Å². The van der Waals surface area contributed by atoms with Crippen LogP contribution in [0.2, 0.25) is 32.7 Å². The summed E-state index contributed by atoms with van der Waals surface area (Å²) in [6.07, 6.45) is 4.47. The number of benzene rings is 1. The van der Waals surface area contributed by atoms with Crippen LogP contribution in [-0.4, -0.2) is 27.5 Å². The minimum absolute atomic E-state index is 0.0648. The molecule has 0 bridgehead atoms. The van der Waals surface area contributed by atoms with Crippen LogP contribution in [0.15, 0.2) is 30.3 Å². The van der Waals surface area contributed by atoms with Crippen molar-refractivity contribution in [3.8, 4) is 0 Å². The van der Waals surface area contributed by atoms with E-state index < -0.39 is 27.7 Å². The van der Waals surface area contributed by atoms with Crippen LogP contribution in [0.4, 0.5) is 0 Å². The van der Waals surface area contributed by atoms with E-state index in [0.717, 1.165) is 11.1 Å². The summed E-state index contributed by atoms with van der Waals surface area (Å²) >= 11 is -4.27. The molecule has 1 aliphatic carbocycles. The predicted octanol–water partition coefficient (Wildman–Crippen LogP) is 5.01. The monoisotopic (exact) mass is 452 g/mol. The van der Waals surface area contributed by atoms with Crippen molar-refractivity contribution in [3.05, 3.63) is 41.5 Å². The summed E-state index contributed by atoms with van der Waals surface area (Å²) < 4.78 is 8.90. The van der Waals surface area contributed by atoms with Crippen molar-refractivity contribution in [1.29, 1.82) is 0 Å². The average Bonchev–Trinajstić information content (AvgIpc) is 2.90. The second kappa shape index (κ2) is 7.62. The molecule has 1 unspecified atom stereocenters. The van der Waals surface area contributed by atoms with Gasteiger partial charge in [0, 0.05) is 0 Å². The molecule has 0 aliphatic heterocycles. The third kappa shape index (κ3) is 4.89. The van der Waals surface area contributed by atoms with Gasteiger partial charge in [-0.2, -0.15) is 0 Å². The van der Waals surface area contributed by atoms with Crippen molar-refractivity contribution >= 4 is 45.6 Å². The molecule has 8 heteroatoms. The van der Waals surface area contributed by atoms with E-state index in [0.29, 0.717) is 13.0 Å². The number of carbonyl (C=O) groups excluding carboxylic acids is 1. The Bertz CT molecular complexity index is 689.